The normalized spacial score (nSPS) is 11.5. The molecule has 0 aliphatic carbocycles. The van der Waals surface area contributed by atoms with Crippen LogP contribution in [0.1, 0.15) is 11.3 Å². The first-order chi connectivity index (χ1) is 9.81. The molecule has 1 aromatic heterocycles. The molecule has 0 saturated carbocycles. The predicted octanol–water partition coefficient (Wildman–Crippen LogP) is 4.28. The number of anilines is 2. The Kier molecular flexibility index (Phi) is 4.02. The Balaban J connectivity index is 2.37. The van der Waals surface area contributed by atoms with Gasteiger partial charge in [0, 0.05) is 12.7 Å². The SMILES string of the molecule is C=CCn1cc(C)nc1Nc1cc(C(F)(F)F)ccc1F. The highest BCUT2D eigenvalue weighted by Crippen LogP contribution is 2.32. The Labute approximate surface area is 118 Å². The van der Waals surface area contributed by atoms with Gasteiger partial charge in [-0.3, -0.25) is 0 Å². The minimum Gasteiger partial charge on any atom is -0.323 e. The summed E-state index contributed by atoms with van der Waals surface area (Å²) in [6.07, 6.45) is -1.24. The molecule has 0 fully saturated rings. The van der Waals surface area contributed by atoms with Crippen LogP contribution >= 0.6 is 0 Å². The van der Waals surface area contributed by atoms with Gasteiger partial charge in [0.1, 0.15) is 5.82 Å². The zero-order valence-corrected chi connectivity index (χ0v) is 11.2. The second-order valence-corrected chi connectivity index (χ2v) is 4.46. The Bertz CT molecular complexity index is 659. The van der Waals surface area contributed by atoms with Crippen LogP contribution in [-0.4, -0.2) is 9.55 Å². The smallest absolute Gasteiger partial charge is 0.323 e. The zero-order chi connectivity index (χ0) is 15.6. The van der Waals surface area contributed by atoms with Crippen molar-refractivity contribution in [3.8, 4) is 0 Å². The number of halogens is 4. The molecule has 2 rings (SSSR count). The highest BCUT2D eigenvalue weighted by Gasteiger charge is 2.31. The topological polar surface area (TPSA) is 29.9 Å². The number of aryl methyl sites for hydroxylation is 1. The summed E-state index contributed by atoms with van der Waals surface area (Å²) in [6.45, 7) is 5.71. The van der Waals surface area contributed by atoms with E-state index in [0.717, 1.165) is 12.1 Å². The maximum absolute atomic E-state index is 13.7. The number of hydrogen-bond donors (Lipinski definition) is 1. The van der Waals surface area contributed by atoms with Gasteiger partial charge in [-0.2, -0.15) is 13.2 Å². The quantitative estimate of drug-likeness (QED) is 0.674. The summed E-state index contributed by atoms with van der Waals surface area (Å²) in [4.78, 5) is 4.11. The molecule has 1 heterocycles. The summed E-state index contributed by atoms with van der Waals surface area (Å²) in [7, 11) is 0. The van der Waals surface area contributed by atoms with Gasteiger partial charge < -0.3 is 9.88 Å². The number of alkyl halides is 3. The highest BCUT2D eigenvalue weighted by atomic mass is 19.4. The minimum absolute atomic E-state index is 0.255. The number of hydrogen-bond acceptors (Lipinski definition) is 2. The fourth-order valence-corrected chi connectivity index (χ4v) is 1.84. The maximum atomic E-state index is 13.7. The van der Waals surface area contributed by atoms with E-state index in [4.69, 9.17) is 0 Å². The molecule has 1 N–H and O–H groups in total. The van der Waals surface area contributed by atoms with E-state index in [1.165, 1.54) is 0 Å². The van der Waals surface area contributed by atoms with Crippen LogP contribution in [0.25, 0.3) is 0 Å². The fourth-order valence-electron chi connectivity index (χ4n) is 1.84. The van der Waals surface area contributed by atoms with Crippen LogP contribution in [0.4, 0.5) is 29.2 Å². The first-order valence-corrected chi connectivity index (χ1v) is 6.09. The number of rotatable bonds is 4. The first kappa shape index (κ1) is 15.1. The second kappa shape index (κ2) is 5.59. The summed E-state index contributed by atoms with van der Waals surface area (Å²) in [5, 5.41) is 2.59. The van der Waals surface area contributed by atoms with Gasteiger partial charge in [-0.25, -0.2) is 9.37 Å². The van der Waals surface area contributed by atoms with Gasteiger partial charge >= 0.3 is 6.18 Å². The van der Waals surface area contributed by atoms with Gasteiger partial charge in [0.05, 0.1) is 16.9 Å². The van der Waals surface area contributed by atoms with E-state index in [9.17, 15) is 17.6 Å². The molecule has 0 spiro atoms. The van der Waals surface area contributed by atoms with E-state index in [0.29, 0.717) is 18.3 Å². The molecule has 0 unspecified atom stereocenters. The number of nitrogens with one attached hydrogen (secondary N) is 1. The Morgan fingerprint density at radius 2 is 2.10 bits per heavy atom. The molecule has 0 amide bonds. The van der Waals surface area contributed by atoms with Crippen molar-refractivity contribution >= 4 is 11.6 Å². The van der Waals surface area contributed by atoms with Gasteiger partial charge in [0.15, 0.2) is 0 Å². The summed E-state index contributed by atoms with van der Waals surface area (Å²) < 4.78 is 53.3. The fraction of sp³-hybridized carbons (Fsp3) is 0.214. The largest absolute Gasteiger partial charge is 0.416 e. The van der Waals surface area contributed by atoms with Crippen LogP contribution in [-0.2, 0) is 12.7 Å². The third-order valence-electron chi connectivity index (χ3n) is 2.76. The van der Waals surface area contributed by atoms with Crippen LogP contribution < -0.4 is 5.32 Å². The molecule has 21 heavy (non-hydrogen) atoms. The van der Waals surface area contributed by atoms with Crippen molar-refractivity contribution in [1.29, 1.82) is 0 Å². The number of benzene rings is 1. The van der Waals surface area contributed by atoms with E-state index in [1.54, 1.807) is 23.8 Å². The molecule has 0 aliphatic rings. The summed E-state index contributed by atoms with van der Waals surface area (Å²) in [5.41, 5.74) is -0.544. The third-order valence-corrected chi connectivity index (χ3v) is 2.76. The molecule has 7 heteroatoms. The monoisotopic (exact) mass is 299 g/mol. The van der Waals surface area contributed by atoms with Gasteiger partial charge in [0.2, 0.25) is 5.95 Å². The molecule has 0 aliphatic heterocycles. The number of imidazole rings is 1. The maximum Gasteiger partial charge on any atom is 0.416 e. The lowest BCUT2D eigenvalue weighted by molar-refractivity contribution is -0.137. The summed E-state index contributed by atoms with van der Waals surface area (Å²) in [6, 6.07) is 2.19. The van der Waals surface area contributed by atoms with Crippen molar-refractivity contribution in [3.63, 3.8) is 0 Å². The van der Waals surface area contributed by atoms with Crippen molar-refractivity contribution in [1.82, 2.24) is 9.55 Å². The predicted molar refractivity (Wildman–Crippen MR) is 71.8 cm³/mol. The minimum atomic E-state index is -4.53. The second-order valence-electron chi connectivity index (χ2n) is 4.46. The molecule has 112 valence electrons. The van der Waals surface area contributed by atoms with Crippen LogP contribution in [0.3, 0.4) is 0 Å². The molecule has 0 radical (unpaired) electrons. The molecular weight excluding hydrogens is 286 g/mol. The molecular formula is C14H13F4N3. The molecule has 1 aromatic carbocycles. The standard InChI is InChI=1S/C14H13F4N3/c1-3-6-21-8-9(2)19-13(21)20-12-7-10(14(16,17)18)4-5-11(12)15/h3-5,7-8H,1,6H2,2H3,(H,19,20). The van der Waals surface area contributed by atoms with E-state index in [-0.39, 0.29) is 11.6 Å². The van der Waals surface area contributed by atoms with Crippen LogP contribution in [0.2, 0.25) is 0 Å². The first-order valence-electron chi connectivity index (χ1n) is 6.09. The van der Waals surface area contributed by atoms with Gasteiger partial charge in [0.25, 0.3) is 0 Å². The van der Waals surface area contributed by atoms with E-state index in [2.05, 4.69) is 16.9 Å². The highest BCUT2D eigenvalue weighted by molar-refractivity contribution is 5.56. The third kappa shape index (κ3) is 3.42. The lowest BCUT2D eigenvalue weighted by atomic mass is 10.2. The average molecular weight is 299 g/mol. The van der Waals surface area contributed by atoms with Crippen molar-refractivity contribution in [2.45, 2.75) is 19.6 Å². The Morgan fingerprint density at radius 1 is 1.38 bits per heavy atom. The average Bonchev–Trinajstić information content (AvgIpc) is 2.71. The number of nitrogens with zero attached hydrogens (tertiary/aromatic N) is 2. The van der Waals surface area contributed by atoms with Crippen LogP contribution in [0.5, 0.6) is 0 Å². The van der Waals surface area contributed by atoms with Crippen molar-refractivity contribution < 1.29 is 17.6 Å². The number of aromatic nitrogens is 2. The molecule has 0 bridgehead atoms. The van der Waals surface area contributed by atoms with Crippen LogP contribution in [0.15, 0.2) is 37.1 Å². The van der Waals surface area contributed by atoms with E-state index in [1.807, 2.05) is 0 Å². The van der Waals surface area contributed by atoms with Crippen molar-refractivity contribution in [2.75, 3.05) is 5.32 Å². The van der Waals surface area contributed by atoms with Gasteiger partial charge in [-0.1, -0.05) is 6.08 Å². The van der Waals surface area contributed by atoms with Gasteiger partial charge in [-0.05, 0) is 25.1 Å². The van der Waals surface area contributed by atoms with E-state index >= 15 is 0 Å². The Hall–Kier alpha value is -2.31. The molecule has 3 nitrogen and oxygen atoms in total. The zero-order valence-electron chi connectivity index (χ0n) is 11.2. The summed E-state index contributed by atoms with van der Waals surface area (Å²) >= 11 is 0. The lowest BCUT2D eigenvalue weighted by Gasteiger charge is -2.12. The lowest BCUT2D eigenvalue weighted by Crippen LogP contribution is -2.08. The summed E-state index contributed by atoms with van der Waals surface area (Å²) in [5.74, 6) is -0.528. The Morgan fingerprint density at radius 3 is 2.71 bits per heavy atom. The van der Waals surface area contributed by atoms with E-state index < -0.39 is 17.6 Å². The van der Waals surface area contributed by atoms with Gasteiger partial charge in [-0.15, -0.1) is 6.58 Å². The number of allylic oxidation sites excluding steroid dienone is 1. The van der Waals surface area contributed by atoms with Crippen molar-refractivity contribution in [2.24, 2.45) is 0 Å². The molecule has 2 aromatic rings. The molecule has 0 atom stereocenters. The van der Waals surface area contributed by atoms with Crippen LogP contribution in [0, 0.1) is 12.7 Å². The molecule has 0 saturated heterocycles. The van der Waals surface area contributed by atoms with Crippen molar-refractivity contribution in [3.05, 3.63) is 54.1 Å².